The highest BCUT2D eigenvalue weighted by Crippen LogP contribution is 2.40. The van der Waals surface area contributed by atoms with Gasteiger partial charge in [0, 0.05) is 45.1 Å². The highest BCUT2D eigenvalue weighted by molar-refractivity contribution is 6.23. The van der Waals surface area contributed by atoms with Crippen molar-refractivity contribution in [3.05, 3.63) is 34.9 Å². The van der Waals surface area contributed by atoms with Crippen molar-refractivity contribution in [3.8, 4) is 6.07 Å². The molecule has 32 heavy (non-hydrogen) atoms. The van der Waals surface area contributed by atoms with Crippen LogP contribution in [0.2, 0.25) is 0 Å². The molecule has 1 unspecified atom stereocenters. The molecule has 4 heterocycles. The van der Waals surface area contributed by atoms with E-state index in [-0.39, 0.29) is 24.2 Å². The first kappa shape index (κ1) is 20.8. The number of likely N-dealkylation sites (tertiary alicyclic amines) is 1. The number of amides is 4. The molecule has 3 fully saturated rings. The van der Waals surface area contributed by atoms with E-state index in [1.54, 1.807) is 12.1 Å². The van der Waals surface area contributed by atoms with Gasteiger partial charge in [-0.25, -0.2) is 0 Å². The van der Waals surface area contributed by atoms with Crippen molar-refractivity contribution in [2.24, 2.45) is 11.3 Å². The second-order valence-electron chi connectivity index (χ2n) is 9.23. The molecular formula is C23H25N5O4. The normalized spacial score (nSPS) is 25.8. The summed E-state index contributed by atoms with van der Waals surface area (Å²) in [6.45, 7) is 4.10. The summed E-state index contributed by atoms with van der Waals surface area (Å²) < 4.78 is 0. The van der Waals surface area contributed by atoms with Crippen molar-refractivity contribution < 1.29 is 19.2 Å². The third-order valence-electron chi connectivity index (χ3n) is 7.44. The largest absolute Gasteiger partial charge is 0.316 e. The van der Waals surface area contributed by atoms with Crippen LogP contribution < -0.4 is 10.6 Å². The van der Waals surface area contributed by atoms with Gasteiger partial charge in [-0.2, -0.15) is 5.26 Å². The third-order valence-corrected chi connectivity index (χ3v) is 7.44. The number of hydrogen-bond donors (Lipinski definition) is 2. The number of rotatable bonds is 4. The van der Waals surface area contributed by atoms with Gasteiger partial charge in [-0.1, -0.05) is 6.07 Å². The zero-order valence-corrected chi connectivity index (χ0v) is 17.7. The van der Waals surface area contributed by atoms with Crippen LogP contribution in [0, 0.1) is 22.7 Å². The molecule has 0 bridgehead atoms. The van der Waals surface area contributed by atoms with Gasteiger partial charge in [0.1, 0.15) is 6.04 Å². The Morgan fingerprint density at radius 1 is 1.06 bits per heavy atom. The Balaban J connectivity index is 1.28. The predicted molar refractivity (Wildman–Crippen MR) is 112 cm³/mol. The van der Waals surface area contributed by atoms with Gasteiger partial charge < -0.3 is 5.32 Å². The molecule has 1 aromatic carbocycles. The lowest BCUT2D eigenvalue weighted by molar-refractivity contribution is -0.136. The minimum atomic E-state index is -0.953. The highest BCUT2D eigenvalue weighted by Gasteiger charge is 2.46. The van der Waals surface area contributed by atoms with Crippen molar-refractivity contribution in [1.82, 2.24) is 20.4 Å². The summed E-state index contributed by atoms with van der Waals surface area (Å²) in [5.41, 5.74) is 1.28. The first-order valence-corrected chi connectivity index (χ1v) is 11.1. The maximum Gasteiger partial charge on any atom is 0.262 e. The first-order chi connectivity index (χ1) is 15.4. The Morgan fingerprint density at radius 2 is 1.78 bits per heavy atom. The summed E-state index contributed by atoms with van der Waals surface area (Å²) in [6, 6.07) is 6.87. The minimum Gasteiger partial charge on any atom is -0.316 e. The second-order valence-corrected chi connectivity index (χ2v) is 9.23. The van der Waals surface area contributed by atoms with Gasteiger partial charge in [0.25, 0.3) is 11.8 Å². The van der Waals surface area contributed by atoms with Crippen molar-refractivity contribution >= 4 is 23.6 Å². The summed E-state index contributed by atoms with van der Waals surface area (Å²) in [5.74, 6) is -1.54. The van der Waals surface area contributed by atoms with Crippen LogP contribution in [0.4, 0.5) is 0 Å². The number of nitriles is 1. The number of fused-ring (bicyclic) bond motifs is 1. The molecule has 0 spiro atoms. The van der Waals surface area contributed by atoms with Crippen LogP contribution in [0.25, 0.3) is 0 Å². The Bertz CT molecular complexity index is 1050. The quantitative estimate of drug-likeness (QED) is 0.657. The zero-order valence-electron chi connectivity index (χ0n) is 17.7. The molecule has 9 heteroatoms. The predicted octanol–water partition coefficient (Wildman–Crippen LogP) is 0.413. The molecule has 1 atom stereocenters. The number of hydrogen-bond acceptors (Lipinski definition) is 7. The highest BCUT2D eigenvalue weighted by atomic mass is 16.2. The standard InChI is InChI=1S/C23H25N5O4/c24-13-23(15-10-25-11-15)5-7-27(8-6-23)12-14-1-2-16-17(9-14)22(32)28(21(16)31)18-3-4-19(29)26-20(18)30/h1-2,9,15,18,25H,3-8,10-12H2,(H,26,29,30). The lowest BCUT2D eigenvalue weighted by atomic mass is 9.67. The van der Waals surface area contributed by atoms with Crippen LogP contribution in [0.1, 0.15) is 52.0 Å². The molecule has 2 N–H and O–H groups in total. The van der Waals surface area contributed by atoms with Crippen LogP contribution >= 0.6 is 0 Å². The Labute approximate surface area is 185 Å². The molecule has 4 amide bonds. The Kier molecular flexibility index (Phi) is 5.07. The molecule has 4 aliphatic rings. The molecule has 0 saturated carbocycles. The van der Waals surface area contributed by atoms with Crippen molar-refractivity contribution in [2.45, 2.75) is 38.3 Å². The fourth-order valence-electron chi connectivity index (χ4n) is 5.28. The van der Waals surface area contributed by atoms with Gasteiger partial charge in [-0.15, -0.1) is 0 Å². The summed E-state index contributed by atoms with van der Waals surface area (Å²) in [6.07, 6.45) is 1.92. The summed E-state index contributed by atoms with van der Waals surface area (Å²) in [5, 5.41) is 15.2. The van der Waals surface area contributed by atoms with E-state index in [1.165, 1.54) is 0 Å². The topological polar surface area (TPSA) is 123 Å². The third kappa shape index (κ3) is 3.31. The molecular weight excluding hydrogens is 410 g/mol. The van der Waals surface area contributed by atoms with Crippen molar-refractivity contribution in [1.29, 1.82) is 5.26 Å². The Hall–Kier alpha value is -3.09. The smallest absolute Gasteiger partial charge is 0.262 e. The maximum absolute atomic E-state index is 13.0. The van der Waals surface area contributed by atoms with Crippen LogP contribution in [-0.4, -0.2) is 65.6 Å². The second kappa shape index (κ2) is 7.80. The molecule has 5 rings (SSSR count). The molecule has 0 aliphatic carbocycles. The SMILES string of the molecule is N#CC1(C2CNC2)CCN(Cc2ccc3c(c2)C(=O)N(C2CCC(=O)NC2=O)C3=O)CC1. The first-order valence-electron chi connectivity index (χ1n) is 11.1. The minimum absolute atomic E-state index is 0.102. The number of nitrogens with one attached hydrogen (secondary N) is 2. The van der Waals surface area contributed by atoms with Crippen molar-refractivity contribution in [3.63, 3.8) is 0 Å². The number of carbonyl (C=O) groups excluding carboxylic acids is 4. The number of benzene rings is 1. The molecule has 1 aromatic rings. The van der Waals surface area contributed by atoms with Gasteiger partial charge in [0.05, 0.1) is 22.6 Å². The summed E-state index contributed by atoms with van der Waals surface area (Å²) in [7, 11) is 0. The van der Waals surface area contributed by atoms with E-state index in [2.05, 4.69) is 21.6 Å². The van der Waals surface area contributed by atoms with Gasteiger partial charge in [0.15, 0.2) is 0 Å². The van der Waals surface area contributed by atoms with E-state index < -0.39 is 23.8 Å². The van der Waals surface area contributed by atoms with E-state index in [9.17, 15) is 24.4 Å². The molecule has 9 nitrogen and oxygen atoms in total. The number of carbonyl (C=O) groups is 4. The molecule has 0 radical (unpaired) electrons. The molecule has 0 aromatic heterocycles. The van der Waals surface area contributed by atoms with Crippen LogP contribution in [0.15, 0.2) is 18.2 Å². The van der Waals surface area contributed by atoms with Crippen molar-refractivity contribution in [2.75, 3.05) is 26.2 Å². The van der Waals surface area contributed by atoms with Crippen LogP contribution in [0.5, 0.6) is 0 Å². The van der Waals surface area contributed by atoms with E-state index >= 15 is 0 Å². The van der Waals surface area contributed by atoms with E-state index in [1.807, 2.05) is 6.07 Å². The average molecular weight is 435 g/mol. The molecule has 4 aliphatic heterocycles. The number of imide groups is 2. The van der Waals surface area contributed by atoms with Crippen LogP contribution in [0.3, 0.4) is 0 Å². The van der Waals surface area contributed by atoms with Gasteiger partial charge in [0.2, 0.25) is 11.8 Å². The van der Waals surface area contributed by atoms with E-state index in [4.69, 9.17) is 0 Å². The lowest BCUT2D eigenvalue weighted by Gasteiger charge is -2.46. The fourth-order valence-corrected chi connectivity index (χ4v) is 5.28. The summed E-state index contributed by atoms with van der Waals surface area (Å²) >= 11 is 0. The van der Waals surface area contributed by atoms with E-state index in [0.29, 0.717) is 23.6 Å². The van der Waals surface area contributed by atoms with Gasteiger partial charge in [-0.05, 0) is 37.0 Å². The van der Waals surface area contributed by atoms with Gasteiger partial charge in [-0.3, -0.25) is 34.3 Å². The summed E-state index contributed by atoms with van der Waals surface area (Å²) in [4.78, 5) is 52.7. The van der Waals surface area contributed by atoms with Crippen LogP contribution in [-0.2, 0) is 16.1 Å². The number of piperidine rings is 2. The molecule has 166 valence electrons. The average Bonchev–Trinajstić information content (AvgIpc) is 2.98. The monoisotopic (exact) mass is 435 g/mol. The Morgan fingerprint density at radius 3 is 2.41 bits per heavy atom. The van der Waals surface area contributed by atoms with E-state index in [0.717, 1.165) is 49.5 Å². The fraction of sp³-hybridized carbons (Fsp3) is 0.522. The lowest BCUT2D eigenvalue weighted by Crippen LogP contribution is -2.54. The maximum atomic E-state index is 13.0. The zero-order chi connectivity index (χ0) is 22.5. The molecule has 3 saturated heterocycles. The number of nitrogens with zero attached hydrogens (tertiary/aromatic N) is 3. The van der Waals surface area contributed by atoms with Gasteiger partial charge >= 0.3 is 0 Å².